The molecule has 150 valence electrons. The van der Waals surface area contributed by atoms with Gasteiger partial charge in [0, 0.05) is 23.4 Å². The van der Waals surface area contributed by atoms with Crippen molar-refractivity contribution in [2.45, 2.75) is 31.4 Å². The van der Waals surface area contributed by atoms with Gasteiger partial charge in [-0.2, -0.15) is 0 Å². The number of hydrogen-bond donors (Lipinski definition) is 1. The molecule has 0 spiro atoms. The number of thioether (sulfide) groups is 1. The van der Waals surface area contributed by atoms with E-state index in [9.17, 15) is 14.9 Å². The van der Waals surface area contributed by atoms with E-state index in [1.54, 1.807) is 6.07 Å². The topological polar surface area (TPSA) is 111 Å². The van der Waals surface area contributed by atoms with Crippen LogP contribution >= 0.6 is 11.8 Å². The molecule has 0 atom stereocenters. The second-order valence-corrected chi connectivity index (χ2v) is 8.27. The molecule has 3 rings (SSSR count). The van der Waals surface area contributed by atoms with Crippen molar-refractivity contribution < 1.29 is 14.1 Å². The number of nitro benzene ring substituents is 1. The predicted molar refractivity (Wildman–Crippen MR) is 111 cm³/mol. The Balaban J connectivity index is 1.58. The number of rotatable bonds is 6. The Labute approximate surface area is 171 Å². The van der Waals surface area contributed by atoms with Gasteiger partial charge in [0.2, 0.25) is 11.8 Å². The lowest BCUT2D eigenvalue weighted by atomic mass is 9.87. The number of carbonyl (C=O) groups excluding carboxylic acids is 1. The summed E-state index contributed by atoms with van der Waals surface area (Å²) >= 11 is 1.09. The zero-order valence-electron chi connectivity index (χ0n) is 16.2. The Kier molecular flexibility index (Phi) is 5.97. The first-order chi connectivity index (χ1) is 13.7. The van der Waals surface area contributed by atoms with Crippen molar-refractivity contribution in [2.24, 2.45) is 0 Å². The minimum absolute atomic E-state index is 0.0350. The number of aromatic nitrogens is 2. The molecular weight excluding hydrogens is 392 g/mol. The van der Waals surface area contributed by atoms with Gasteiger partial charge in [0.25, 0.3) is 10.9 Å². The number of carbonyl (C=O) groups is 1. The molecule has 0 aliphatic carbocycles. The Bertz CT molecular complexity index is 1030. The Hall–Kier alpha value is -3.20. The lowest BCUT2D eigenvalue weighted by Crippen LogP contribution is -2.14. The van der Waals surface area contributed by atoms with Gasteiger partial charge in [-0.3, -0.25) is 14.9 Å². The van der Waals surface area contributed by atoms with Crippen LogP contribution in [0.3, 0.4) is 0 Å². The van der Waals surface area contributed by atoms with Crippen molar-refractivity contribution in [3.05, 3.63) is 64.2 Å². The summed E-state index contributed by atoms with van der Waals surface area (Å²) in [6.07, 6.45) is 0. The van der Waals surface area contributed by atoms with Gasteiger partial charge < -0.3 is 9.73 Å². The van der Waals surface area contributed by atoms with Crippen LogP contribution in [0.5, 0.6) is 0 Å². The third kappa shape index (κ3) is 5.41. The molecule has 2 aromatic carbocycles. The van der Waals surface area contributed by atoms with Gasteiger partial charge in [-0.1, -0.05) is 50.7 Å². The van der Waals surface area contributed by atoms with Crippen LogP contribution in [0, 0.1) is 10.1 Å². The van der Waals surface area contributed by atoms with Crippen LogP contribution in [0.25, 0.3) is 11.5 Å². The average Bonchev–Trinajstić information content (AvgIpc) is 3.15. The van der Waals surface area contributed by atoms with E-state index in [2.05, 4.69) is 36.3 Å². The minimum Gasteiger partial charge on any atom is -0.411 e. The zero-order chi connectivity index (χ0) is 21.0. The van der Waals surface area contributed by atoms with E-state index >= 15 is 0 Å². The van der Waals surface area contributed by atoms with E-state index in [-0.39, 0.29) is 28.0 Å². The van der Waals surface area contributed by atoms with Gasteiger partial charge >= 0.3 is 0 Å². The number of hydrogen-bond acceptors (Lipinski definition) is 7. The molecule has 8 nitrogen and oxygen atoms in total. The molecule has 0 saturated heterocycles. The monoisotopic (exact) mass is 412 g/mol. The summed E-state index contributed by atoms with van der Waals surface area (Å²) in [4.78, 5) is 22.4. The Morgan fingerprint density at radius 3 is 2.55 bits per heavy atom. The second-order valence-electron chi connectivity index (χ2n) is 7.34. The van der Waals surface area contributed by atoms with Crippen molar-refractivity contribution in [3.63, 3.8) is 0 Å². The largest absolute Gasteiger partial charge is 0.411 e. The van der Waals surface area contributed by atoms with E-state index < -0.39 is 4.92 Å². The highest BCUT2D eigenvalue weighted by molar-refractivity contribution is 7.99. The molecule has 1 aromatic heterocycles. The molecule has 0 fully saturated rings. The van der Waals surface area contributed by atoms with E-state index in [0.717, 1.165) is 17.3 Å². The highest BCUT2D eigenvalue weighted by Gasteiger charge is 2.15. The number of nitrogens with one attached hydrogen (secondary N) is 1. The van der Waals surface area contributed by atoms with E-state index in [1.165, 1.54) is 23.8 Å². The molecule has 3 aromatic rings. The molecule has 0 radical (unpaired) electrons. The summed E-state index contributed by atoms with van der Waals surface area (Å²) in [5, 5.41) is 21.7. The Morgan fingerprint density at radius 1 is 1.17 bits per heavy atom. The van der Waals surface area contributed by atoms with Crippen molar-refractivity contribution in [1.82, 2.24) is 10.2 Å². The quantitative estimate of drug-likeness (QED) is 0.356. The first kappa shape index (κ1) is 20.5. The van der Waals surface area contributed by atoms with Crippen molar-refractivity contribution >= 4 is 29.0 Å². The summed E-state index contributed by atoms with van der Waals surface area (Å²) in [5.74, 6) is 0.0876. The molecule has 0 aliphatic heterocycles. The first-order valence-electron chi connectivity index (χ1n) is 8.84. The molecule has 29 heavy (non-hydrogen) atoms. The fourth-order valence-corrected chi connectivity index (χ4v) is 3.08. The SMILES string of the molecule is CC(C)(C)c1ccc(-c2nnc(SCC(=O)Nc3cccc([N+](=O)[O-])c3)o2)cc1. The fourth-order valence-electron chi connectivity index (χ4n) is 2.52. The third-order valence-corrected chi connectivity index (χ3v) is 4.89. The average molecular weight is 412 g/mol. The smallest absolute Gasteiger partial charge is 0.277 e. The van der Waals surface area contributed by atoms with Crippen LogP contribution in [-0.2, 0) is 10.2 Å². The maximum absolute atomic E-state index is 12.1. The van der Waals surface area contributed by atoms with Crippen LogP contribution in [0.4, 0.5) is 11.4 Å². The molecule has 0 bridgehead atoms. The molecule has 1 heterocycles. The van der Waals surface area contributed by atoms with Crippen LogP contribution in [0.2, 0.25) is 0 Å². The first-order valence-corrected chi connectivity index (χ1v) is 9.82. The van der Waals surface area contributed by atoms with Gasteiger partial charge in [-0.15, -0.1) is 10.2 Å². The van der Waals surface area contributed by atoms with Crippen LogP contribution in [0.15, 0.2) is 58.2 Å². The van der Waals surface area contributed by atoms with Gasteiger partial charge in [-0.25, -0.2) is 0 Å². The second kappa shape index (κ2) is 8.44. The number of nitro groups is 1. The van der Waals surface area contributed by atoms with E-state index in [0.29, 0.717) is 11.6 Å². The predicted octanol–water partition coefficient (Wildman–Crippen LogP) is 4.67. The van der Waals surface area contributed by atoms with E-state index in [1.807, 2.05) is 24.3 Å². The van der Waals surface area contributed by atoms with Crippen LogP contribution in [-0.4, -0.2) is 26.8 Å². The maximum atomic E-state index is 12.1. The summed E-state index contributed by atoms with van der Waals surface area (Å²) in [5.41, 5.74) is 2.33. The fraction of sp³-hybridized carbons (Fsp3) is 0.250. The molecule has 0 unspecified atom stereocenters. The number of amides is 1. The van der Waals surface area contributed by atoms with Gasteiger partial charge in [0.1, 0.15) is 0 Å². The standard InChI is InChI=1S/C20H20N4O4S/c1-20(2,3)14-9-7-13(8-10-14)18-22-23-19(28-18)29-12-17(25)21-15-5-4-6-16(11-15)24(26)27/h4-11H,12H2,1-3H3,(H,21,25). The molecular formula is C20H20N4O4S. The Morgan fingerprint density at radius 2 is 1.90 bits per heavy atom. The minimum atomic E-state index is -0.515. The van der Waals surface area contributed by atoms with Gasteiger partial charge in [0.05, 0.1) is 10.7 Å². The van der Waals surface area contributed by atoms with Crippen molar-refractivity contribution in [1.29, 1.82) is 0 Å². The lowest BCUT2D eigenvalue weighted by molar-refractivity contribution is -0.384. The molecule has 0 saturated carbocycles. The third-order valence-electron chi connectivity index (χ3n) is 4.07. The zero-order valence-corrected chi connectivity index (χ0v) is 17.0. The van der Waals surface area contributed by atoms with Gasteiger partial charge in [-0.05, 0) is 29.2 Å². The van der Waals surface area contributed by atoms with E-state index in [4.69, 9.17) is 4.42 Å². The normalized spacial score (nSPS) is 11.3. The highest BCUT2D eigenvalue weighted by Crippen LogP contribution is 2.27. The van der Waals surface area contributed by atoms with Crippen LogP contribution < -0.4 is 5.32 Å². The number of nitrogens with zero attached hydrogens (tertiary/aromatic N) is 3. The molecule has 9 heteroatoms. The van der Waals surface area contributed by atoms with Crippen molar-refractivity contribution in [2.75, 3.05) is 11.1 Å². The number of benzene rings is 2. The summed E-state index contributed by atoms with van der Waals surface area (Å²) < 4.78 is 5.62. The number of anilines is 1. The molecule has 0 aliphatic rings. The molecule has 1 amide bonds. The molecule has 1 N–H and O–H groups in total. The van der Waals surface area contributed by atoms with Crippen LogP contribution in [0.1, 0.15) is 26.3 Å². The van der Waals surface area contributed by atoms with Crippen molar-refractivity contribution in [3.8, 4) is 11.5 Å². The summed E-state index contributed by atoms with van der Waals surface area (Å²) in [7, 11) is 0. The van der Waals surface area contributed by atoms with Gasteiger partial charge in [0.15, 0.2) is 0 Å². The lowest BCUT2D eigenvalue weighted by Gasteiger charge is -2.18. The summed E-state index contributed by atoms with van der Waals surface area (Å²) in [6.45, 7) is 6.42. The maximum Gasteiger partial charge on any atom is 0.277 e. The summed E-state index contributed by atoms with van der Waals surface area (Å²) in [6, 6.07) is 13.7. The highest BCUT2D eigenvalue weighted by atomic mass is 32.2. The number of non-ortho nitro benzene ring substituents is 1.